The van der Waals surface area contributed by atoms with Gasteiger partial charge in [-0.1, -0.05) is 0 Å². The summed E-state index contributed by atoms with van der Waals surface area (Å²) in [6, 6.07) is 9.93. The molecule has 0 saturated carbocycles. The van der Waals surface area contributed by atoms with Gasteiger partial charge in [0, 0.05) is 43.4 Å². The zero-order chi connectivity index (χ0) is 19.8. The molecular formula is C20H25FN4O2S. The second kappa shape index (κ2) is 10.2. The molecular weight excluding hydrogens is 379 g/mol. The SMILES string of the molecule is CCNC(=NCCSc1ccc(F)cc1)N1CCN(C(=O)c2ccco2)CC1. The maximum absolute atomic E-state index is 13.0. The van der Waals surface area contributed by atoms with E-state index in [9.17, 15) is 9.18 Å². The number of halogens is 1. The van der Waals surface area contributed by atoms with Crippen molar-refractivity contribution in [2.45, 2.75) is 11.8 Å². The third-order valence-electron chi connectivity index (χ3n) is 4.37. The molecule has 3 rings (SSSR count). The third kappa shape index (κ3) is 5.51. The number of hydrogen-bond acceptors (Lipinski definition) is 4. The second-order valence-corrected chi connectivity index (χ2v) is 7.46. The van der Waals surface area contributed by atoms with E-state index in [4.69, 9.17) is 9.41 Å². The van der Waals surface area contributed by atoms with Gasteiger partial charge in [-0.25, -0.2) is 4.39 Å². The average molecular weight is 405 g/mol. The monoisotopic (exact) mass is 404 g/mol. The first-order chi connectivity index (χ1) is 13.7. The lowest BCUT2D eigenvalue weighted by Crippen LogP contribution is -2.53. The number of thioether (sulfide) groups is 1. The van der Waals surface area contributed by atoms with Crippen LogP contribution in [-0.2, 0) is 0 Å². The van der Waals surface area contributed by atoms with Crippen molar-refractivity contribution in [3.05, 3.63) is 54.2 Å². The molecule has 0 spiro atoms. The molecule has 0 unspecified atom stereocenters. The molecule has 2 aromatic rings. The van der Waals surface area contributed by atoms with Crippen molar-refractivity contribution in [2.75, 3.05) is 45.0 Å². The number of nitrogens with zero attached hydrogens (tertiary/aromatic N) is 3. The fraction of sp³-hybridized carbons (Fsp3) is 0.400. The van der Waals surface area contributed by atoms with Gasteiger partial charge in [0.15, 0.2) is 11.7 Å². The number of carbonyl (C=O) groups excluding carboxylic acids is 1. The van der Waals surface area contributed by atoms with Gasteiger partial charge in [0.25, 0.3) is 5.91 Å². The fourth-order valence-corrected chi connectivity index (χ4v) is 3.70. The van der Waals surface area contributed by atoms with E-state index in [1.54, 1.807) is 36.0 Å². The molecule has 8 heteroatoms. The number of hydrogen-bond donors (Lipinski definition) is 1. The van der Waals surface area contributed by atoms with E-state index in [0.717, 1.165) is 36.2 Å². The largest absolute Gasteiger partial charge is 0.459 e. The van der Waals surface area contributed by atoms with Gasteiger partial charge in [0.1, 0.15) is 5.82 Å². The van der Waals surface area contributed by atoms with Crippen LogP contribution in [0.5, 0.6) is 0 Å². The number of piperazine rings is 1. The fourth-order valence-electron chi connectivity index (χ4n) is 2.95. The maximum atomic E-state index is 13.0. The van der Waals surface area contributed by atoms with E-state index >= 15 is 0 Å². The molecule has 0 atom stereocenters. The van der Waals surface area contributed by atoms with E-state index in [-0.39, 0.29) is 11.7 Å². The standard InChI is InChI=1S/C20H25FN4O2S/c1-2-22-20(23-9-15-28-17-7-5-16(21)6-8-17)25-12-10-24(11-13-25)19(26)18-4-3-14-27-18/h3-8,14H,2,9-13,15H2,1H3,(H,22,23). The molecule has 28 heavy (non-hydrogen) atoms. The Kier molecular flexibility index (Phi) is 7.36. The topological polar surface area (TPSA) is 61.1 Å². The molecule has 1 aliphatic rings. The number of guanidine groups is 1. The molecule has 2 heterocycles. The Labute approximate surface area is 168 Å². The van der Waals surface area contributed by atoms with Crippen molar-refractivity contribution >= 4 is 23.6 Å². The first kappa shape index (κ1) is 20.3. The van der Waals surface area contributed by atoms with Gasteiger partial charge in [0.05, 0.1) is 12.8 Å². The summed E-state index contributed by atoms with van der Waals surface area (Å²) in [6.45, 7) is 6.21. The molecule has 0 radical (unpaired) electrons. The van der Waals surface area contributed by atoms with Crippen molar-refractivity contribution < 1.29 is 13.6 Å². The van der Waals surface area contributed by atoms with Crippen molar-refractivity contribution in [3.63, 3.8) is 0 Å². The normalized spacial score (nSPS) is 15.0. The third-order valence-corrected chi connectivity index (χ3v) is 5.36. The Morgan fingerprint density at radius 2 is 1.89 bits per heavy atom. The summed E-state index contributed by atoms with van der Waals surface area (Å²) in [5, 5.41) is 3.33. The summed E-state index contributed by atoms with van der Waals surface area (Å²) < 4.78 is 18.2. The van der Waals surface area contributed by atoms with E-state index < -0.39 is 0 Å². The van der Waals surface area contributed by atoms with E-state index in [2.05, 4.69) is 10.2 Å². The summed E-state index contributed by atoms with van der Waals surface area (Å²) in [4.78, 5) is 22.1. The van der Waals surface area contributed by atoms with Crippen LogP contribution in [0.1, 0.15) is 17.5 Å². The van der Waals surface area contributed by atoms with Crippen molar-refractivity contribution in [2.24, 2.45) is 4.99 Å². The lowest BCUT2D eigenvalue weighted by atomic mass is 10.3. The summed E-state index contributed by atoms with van der Waals surface area (Å²) >= 11 is 1.66. The molecule has 1 saturated heterocycles. The summed E-state index contributed by atoms with van der Waals surface area (Å²) in [5.41, 5.74) is 0. The first-order valence-electron chi connectivity index (χ1n) is 9.42. The molecule has 0 bridgehead atoms. The van der Waals surface area contributed by atoms with E-state index in [0.29, 0.717) is 25.4 Å². The van der Waals surface area contributed by atoms with Crippen molar-refractivity contribution in [1.82, 2.24) is 15.1 Å². The second-order valence-electron chi connectivity index (χ2n) is 6.29. The highest BCUT2D eigenvalue weighted by atomic mass is 32.2. The Bertz CT molecular complexity index is 772. The minimum atomic E-state index is -0.221. The minimum Gasteiger partial charge on any atom is -0.459 e. The smallest absolute Gasteiger partial charge is 0.289 e. The number of aliphatic imine (C=N–C) groups is 1. The highest BCUT2D eigenvalue weighted by Gasteiger charge is 2.25. The molecule has 1 amide bonds. The van der Waals surface area contributed by atoms with Crippen LogP contribution in [0.25, 0.3) is 0 Å². The van der Waals surface area contributed by atoms with Gasteiger partial charge in [-0.2, -0.15) is 0 Å². The highest BCUT2D eigenvalue weighted by molar-refractivity contribution is 7.99. The van der Waals surface area contributed by atoms with Crippen LogP contribution >= 0.6 is 11.8 Å². The molecule has 0 aliphatic carbocycles. The quantitative estimate of drug-likeness (QED) is 0.347. The summed E-state index contributed by atoms with van der Waals surface area (Å²) in [5.74, 6) is 1.78. The van der Waals surface area contributed by atoms with Crippen LogP contribution in [0, 0.1) is 5.82 Å². The van der Waals surface area contributed by atoms with Crippen molar-refractivity contribution in [3.8, 4) is 0 Å². The summed E-state index contributed by atoms with van der Waals surface area (Å²) in [7, 11) is 0. The lowest BCUT2D eigenvalue weighted by molar-refractivity contribution is 0.0657. The lowest BCUT2D eigenvalue weighted by Gasteiger charge is -2.36. The van der Waals surface area contributed by atoms with E-state index in [1.165, 1.54) is 18.4 Å². The van der Waals surface area contributed by atoms with Crippen LogP contribution in [0.3, 0.4) is 0 Å². The summed E-state index contributed by atoms with van der Waals surface area (Å²) in [6.07, 6.45) is 1.52. The average Bonchev–Trinajstić information content (AvgIpc) is 3.26. The predicted molar refractivity (Wildman–Crippen MR) is 109 cm³/mol. The van der Waals surface area contributed by atoms with Gasteiger partial charge >= 0.3 is 0 Å². The Morgan fingerprint density at radius 3 is 2.54 bits per heavy atom. The predicted octanol–water partition coefficient (Wildman–Crippen LogP) is 2.93. The highest BCUT2D eigenvalue weighted by Crippen LogP contribution is 2.17. The van der Waals surface area contributed by atoms with Gasteiger partial charge in [-0.3, -0.25) is 9.79 Å². The molecule has 1 aromatic carbocycles. The molecule has 1 N–H and O–H groups in total. The number of benzene rings is 1. The molecule has 1 aromatic heterocycles. The van der Waals surface area contributed by atoms with Crippen LogP contribution in [0.2, 0.25) is 0 Å². The Balaban J connectivity index is 1.49. The molecule has 150 valence electrons. The zero-order valence-corrected chi connectivity index (χ0v) is 16.8. The number of rotatable bonds is 6. The van der Waals surface area contributed by atoms with Gasteiger partial charge < -0.3 is 19.5 Å². The molecule has 1 fully saturated rings. The molecule has 6 nitrogen and oxygen atoms in total. The number of furan rings is 1. The number of amides is 1. The Morgan fingerprint density at radius 1 is 1.18 bits per heavy atom. The Hall–Kier alpha value is -2.48. The first-order valence-corrected chi connectivity index (χ1v) is 10.4. The number of carbonyl (C=O) groups is 1. The van der Waals surface area contributed by atoms with Gasteiger partial charge in [0.2, 0.25) is 0 Å². The number of nitrogens with one attached hydrogen (secondary N) is 1. The minimum absolute atomic E-state index is 0.0673. The van der Waals surface area contributed by atoms with Gasteiger partial charge in [-0.05, 0) is 43.3 Å². The van der Waals surface area contributed by atoms with Gasteiger partial charge in [-0.15, -0.1) is 11.8 Å². The van der Waals surface area contributed by atoms with Crippen LogP contribution < -0.4 is 5.32 Å². The van der Waals surface area contributed by atoms with E-state index in [1.807, 2.05) is 11.8 Å². The maximum Gasteiger partial charge on any atom is 0.289 e. The van der Waals surface area contributed by atoms with Crippen LogP contribution in [0.4, 0.5) is 4.39 Å². The van der Waals surface area contributed by atoms with Crippen molar-refractivity contribution in [1.29, 1.82) is 0 Å². The zero-order valence-electron chi connectivity index (χ0n) is 15.9. The van der Waals surface area contributed by atoms with Crippen LogP contribution in [0.15, 0.2) is 57.0 Å². The van der Waals surface area contributed by atoms with Crippen LogP contribution in [-0.4, -0.2) is 66.7 Å². The molecule has 1 aliphatic heterocycles.